The third-order valence-corrected chi connectivity index (χ3v) is 3.86. The summed E-state index contributed by atoms with van der Waals surface area (Å²) in [6, 6.07) is 9.35. The van der Waals surface area contributed by atoms with Crippen molar-refractivity contribution >= 4 is 0 Å². The Bertz CT molecular complexity index is 1020. The van der Waals surface area contributed by atoms with Crippen molar-refractivity contribution < 1.29 is 13.5 Å². The van der Waals surface area contributed by atoms with Crippen molar-refractivity contribution in [1.29, 1.82) is 0 Å². The smallest absolute Gasteiger partial charge is 0.274 e. The molecule has 3 aromatic rings. The summed E-state index contributed by atoms with van der Waals surface area (Å²) in [6.07, 6.45) is -1.29. The van der Waals surface area contributed by atoms with Gasteiger partial charge < -0.3 is 4.74 Å². The van der Waals surface area contributed by atoms with E-state index in [-0.39, 0.29) is 17.0 Å². The van der Waals surface area contributed by atoms with Crippen LogP contribution < -0.4 is 10.3 Å². The van der Waals surface area contributed by atoms with Crippen LogP contribution in [0.5, 0.6) is 11.6 Å². The van der Waals surface area contributed by atoms with Gasteiger partial charge in [0.2, 0.25) is 5.88 Å². The van der Waals surface area contributed by atoms with Gasteiger partial charge in [0.25, 0.3) is 12.0 Å². The standard InChI is InChI=1S/C19H17F2N3O2/c1-11-10-14(26-18-15(17(20)21)5-4-8-22-18)6-7-16(11)24-19(25)12(2)9-13(3)23-24/h4-10,17H,1-3H3. The highest BCUT2D eigenvalue weighted by molar-refractivity contribution is 5.46. The minimum absolute atomic E-state index is 0.142. The topological polar surface area (TPSA) is 57.0 Å². The first-order valence-corrected chi connectivity index (χ1v) is 7.96. The largest absolute Gasteiger partial charge is 0.439 e. The Hall–Kier alpha value is -3.09. The molecule has 2 aromatic heterocycles. The molecule has 5 nitrogen and oxygen atoms in total. The van der Waals surface area contributed by atoms with Gasteiger partial charge in [0.1, 0.15) is 5.75 Å². The number of rotatable bonds is 4. The number of hydrogen-bond donors (Lipinski definition) is 0. The molecule has 0 fully saturated rings. The SMILES string of the molecule is Cc1cc(C)c(=O)n(-c2ccc(Oc3ncccc3C(F)F)cc2C)n1. The number of pyridine rings is 1. The van der Waals surface area contributed by atoms with Crippen molar-refractivity contribution in [3.8, 4) is 17.3 Å². The summed E-state index contributed by atoms with van der Waals surface area (Å²) in [6.45, 7) is 5.33. The summed E-state index contributed by atoms with van der Waals surface area (Å²) in [4.78, 5) is 16.2. The maximum Gasteiger partial charge on any atom is 0.274 e. The van der Waals surface area contributed by atoms with Gasteiger partial charge in [-0.2, -0.15) is 9.78 Å². The molecule has 2 heterocycles. The molecule has 0 aliphatic carbocycles. The van der Waals surface area contributed by atoms with E-state index in [9.17, 15) is 13.6 Å². The van der Waals surface area contributed by atoms with Crippen molar-refractivity contribution in [1.82, 2.24) is 14.8 Å². The molecule has 1 aromatic carbocycles. The van der Waals surface area contributed by atoms with Gasteiger partial charge in [0.05, 0.1) is 16.9 Å². The average molecular weight is 357 g/mol. The number of benzene rings is 1. The molecule has 0 aliphatic rings. The van der Waals surface area contributed by atoms with Crippen LogP contribution in [0.4, 0.5) is 8.78 Å². The van der Waals surface area contributed by atoms with Gasteiger partial charge in [-0.15, -0.1) is 0 Å². The first kappa shape index (κ1) is 17.7. The van der Waals surface area contributed by atoms with Crippen LogP contribution in [0.25, 0.3) is 5.69 Å². The molecule has 0 amide bonds. The highest BCUT2D eigenvalue weighted by atomic mass is 19.3. The van der Waals surface area contributed by atoms with Crippen LogP contribution in [0, 0.1) is 20.8 Å². The van der Waals surface area contributed by atoms with Crippen LogP contribution >= 0.6 is 0 Å². The van der Waals surface area contributed by atoms with Gasteiger partial charge in [0.15, 0.2) is 0 Å². The Balaban J connectivity index is 1.98. The van der Waals surface area contributed by atoms with E-state index in [1.807, 2.05) is 6.92 Å². The van der Waals surface area contributed by atoms with E-state index >= 15 is 0 Å². The Morgan fingerprint density at radius 2 is 1.85 bits per heavy atom. The first-order valence-electron chi connectivity index (χ1n) is 7.96. The molecule has 0 aliphatic heterocycles. The average Bonchev–Trinajstić information content (AvgIpc) is 2.59. The fourth-order valence-corrected chi connectivity index (χ4v) is 2.63. The van der Waals surface area contributed by atoms with Crippen LogP contribution in [0.1, 0.15) is 28.8 Å². The molecular formula is C19H17F2N3O2. The lowest BCUT2D eigenvalue weighted by Crippen LogP contribution is -2.24. The van der Waals surface area contributed by atoms with Gasteiger partial charge in [-0.25, -0.2) is 13.8 Å². The Morgan fingerprint density at radius 1 is 1.08 bits per heavy atom. The normalized spacial score (nSPS) is 11.0. The van der Waals surface area contributed by atoms with E-state index < -0.39 is 6.43 Å². The second-order valence-electron chi connectivity index (χ2n) is 5.93. The van der Waals surface area contributed by atoms with E-state index in [4.69, 9.17) is 4.74 Å². The summed E-state index contributed by atoms with van der Waals surface area (Å²) >= 11 is 0. The zero-order chi connectivity index (χ0) is 18.8. The monoisotopic (exact) mass is 357 g/mol. The van der Waals surface area contributed by atoms with E-state index in [1.54, 1.807) is 38.1 Å². The zero-order valence-electron chi connectivity index (χ0n) is 14.5. The van der Waals surface area contributed by atoms with Crippen LogP contribution in [-0.4, -0.2) is 14.8 Å². The number of ether oxygens (including phenoxy) is 1. The molecule has 0 radical (unpaired) electrons. The number of nitrogens with zero attached hydrogens (tertiary/aromatic N) is 3. The van der Waals surface area contributed by atoms with Crippen LogP contribution in [0.2, 0.25) is 0 Å². The first-order chi connectivity index (χ1) is 12.4. The Morgan fingerprint density at radius 3 is 2.54 bits per heavy atom. The van der Waals surface area contributed by atoms with Gasteiger partial charge in [-0.1, -0.05) is 0 Å². The molecule has 0 saturated heterocycles. The number of halogens is 2. The molecule has 0 spiro atoms. The third-order valence-electron chi connectivity index (χ3n) is 3.86. The molecule has 134 valence electrons. The molecule has 0 unspecified atom stereocenters. The number of aromatic nitrogens is 3. The summed E-state index contributed by atoms with van der Waals surface area (Å²) in [5.41, 5.74) is 2.14. The molecule has 7 heteroatoms. The predicted octanol–water partition coefficient (Wildman–Crippen LogP) is 4.28. The second-order valence-corrected chi connectivity index (χ2v) is 5.93. The maximum atomic E-state index is 13.0. The van der Waals surface area contributed by atoms with Crippen LogP contribution in [-0.2, 0) is 0 Å². The highest BCUT2D eigenvalue weighted by Crippen LogP contribution is 2.31. The second kappa shape index (κ2) is 7.03. The zero-order valence-corrected chi connectivity index (χ0v) is 14.5. The summed E-state index contributed by atoms with van der Waals surface area (Å²) in [5.74, 6) is 0.209. The lowest BCUT2D eigenvalue weighted by Gasteiger charge is -2.13. The number of aryl methyl sites for hydroxylation is 3. The molecule has 26 heavy (non-hydrogen) atoms. The fourth-order valence-electron chi connectivity index (χ4n) is 2.63. The summed E-state index contributed by atoms with van der Waals surface area (Å²) < 4.78 is 32.9. The highest BCUT2D eigenvalue weighted by Gasteiger charge is 2.16. The van der Waals surface area contributed by atoms with Crippen molar-refractivity contribution in [2.45, 2.75) is 27.2 Å². The molecule has 0 N–H and O–H groups in total. The number of hydrogen-bond acceptors (Lipinski definition) is 4. The molecule has 0 bridgehead atoms. The number of alkyl halides is 2. The molecule has 0 atom stereocenters. The lowest BCUT2D eigenvalue weighted by atomic mass is 10.2. The van der Waals surface area contributed by atoms with Crippen LogP contribution in [0.3, 0.4) is 0 Å². The fraction of sp³-hybridized carbons (Fsp3) is 0.211. The van der Waals surface area contributed by atoms with E-state index in [1.165, 1.54) is 23.0 Å². The Kier molecular flexibility index (Phi) is 4.79. The van der Waals surface area contributed by atoms with Gasteiger partial charge >= 0.3 is 0 Å². The van der Waals surface area contributed by atoms with Gasteiger partial charge in [-0.3, -0.25) is 4.79 Å². The Labute approximate surface area is 148 Å². The van der Waals surface area contributed by atoms with Crippen LogP contribution in [0.15, 0.2) is 47.4 Å². The van der Waals surface area contributed by atoms with E-state index in [2.05, 4.69) is 10.1 Å². The molecular weight excluding hydrogens is 340 g/mol. The van der Waals surface area contributed by atoms with E-state index in [0.29, 0.717) is 17.0 Å². The summed E-state index contributed by atoms with van der Waals surface area (Å²) in [5, 5.41) is 4.27. The van der Waals surface area contributed by atoms with Gasteiger partial charge in [0, 0.05) is 11.8 Å². The van der Waals surface area contributed by atoms with Crippen molar-refractivity contribution in [2.24, 2.45) is 0 Å². The molecule has 0 saturated carbocycles. The predicted molar refractivity (Wildman–Crippen MR) is 93.3 cm³/mol. The lowest BCUT2D eigenvalue weighted by molar-refractivity contribution is 0.147. The minimum atomic E-state index is -2.68. The quantitative estimate of drug-likeness (QED) is 0.699. The van der Waals surface area contributed by atoms with Gasteiger partial charge in [-0.05, 0) is 62.7 Å². The minimum Gasteiger partial charge on any atom is -0.439 e. The van der Waals surface area contributed by atoms with Crippen molar-refractivity contribution in [3.05, 3.63) is 75.3 Å². The van der Waals surface area contributed by atoms with Crippen molar-refractivity contribution in [3.63, 3.8) is 0 Å². The van der Waals surface area contributed by atoms with E-state index in [0.717, 1.165) is 11.3 Å². The summed E-state index contributed by atoms with van der Waals surface area (Å²) in [7, 11) is 0. The maximum absolute atomic E-state index is 13.0. The van der Waals surface area contributed by atoms with Crippen molar-refractivity contribution in [2.75, 3.05) is 0 Å². The molecule has 3 rings (SSSR count). The third kappa shape index (κ3) is 3.46.